The molecular weight excluding hydrogens is 360 g/mol. The van der Waals surface area contributed by atoms with E-state index >= 15 is 0 Å². The molecule has 0 bridgehead atoms. The summed E-state index contributed by atoms with van der Waals surface area (Å²) in [5.41, 5.74) is -6.15. The average molecular weight is 367 g/mol. The Morgan fingerprint density at radius 1 is 1.09 bits per heavy atom. The Morgan fingerprint density at radius 2 is 1.52 bits per heavy atom. The third-order valence-electron chi connectivity index (χ3n) is 2.48. The zero-order valence-corrected chi connectivity index (χ0v) is 11.5. The van der Waals surface area contributed by atoms with E-state index in [-0.39, 0.29) is 0 Å². The zero-order valence-electron chi connectivity index (χ0n) is 10.7. The van der Waals surface area contributed by atoms with Gasteiger partial charge in [-0.2, -0.15) is 34.8 Å². The zero-order chi connectivity index (χ0) is 18.1. The van der Waals surface area contributed by atoms with Crippen molar-refractivity contribution in [2.75, 3.05) is 5.75 Å². The molecule has 1 aromatic heterocycles. The number of ether oxygens (including phenoxy) is 1. The molecule has 130 valence electrons. The summed E-state index contributed by atoms with van der Waals surface area (Å²) in [6, 6.07) is 1.51. The molecule has 1 aromatic rings. The highest BCUT2D eigenvalue weighted by Gasteiger charge is 2.76. The van der Waals surface area contributed by atoms with Crippen molar-refractivity contribution in [3.63, 3.8) is 0 Å². The second-order valence-electron chi connectivity index (χ2n) is 4.17. The minimum Gasteiger partial charge on any atom is -0.435 e. The molecule has 0 atom stereocenters. The molecule has 0 aromatic carbocycles. The number of rotatable bonds is 4. The number of carbonyl (C=O) groups is 1. The monoisotopic (exact) mass is 367 g/mol. The van der Waals surface area contributed by atoms with E-state index in [1.54, 1.807) is 0 Å². The molecule has 0 fully saturated rings. The number of alkyl halides is 6. The van der Waals surface area contributed by atoms with Crippen LogP contribution in [0.2, 0.25) is 0 Å². The third-order valence-corrected chi connectivity index (χ3v) is 3.26. The molecule has 0 aliphatic rings. The first-order chi connectivity index (χ1) is 10.2. The number of hydrogen-bond acceptors (Lipinski definition) is 5. The SMILES string of the molecule is O=C(OC(CS(=O)(=O)O)(C(F)(F)F)C(F)(F)F)c1ccncc1. The van der Waals surface area contributed by atoms with Crippen LogP contribution in [0, 0.1) is 0 Å². The van der Waals surface area contributed by atoms with E-state index in [4.69, 9.17) is 4.55 Å². The first-order valence-corrected chi connectivity index (χ1v) is 7.02. The average Bonchev–Trinajstić information content (AvgIpc) is 2.34. The molecule has 0 saturated heterocycles. The summed E-state index contributed by atoms with van der Waals surface area (Å²) in [7, 11) is -5.81. The molecular formula is C10H7F6NO5S. The van der Waals surface area contributed by atoms with Crippen molar-refractivity contribution in [1.29, 1.82) is 0 Å². The molecule has 1 N–H and O–H groups in total. The maximum absolute atomic E-state index is 12.9. The Kier molecular flexibility index (Phi) is 4.96. The van der Waals surface area contributed by atoms with Gasteiger partial charge in [0.1, 0.15) is 5.75 Å². The lowest BCUT2D eigenvalue weighted by atomic mass is 10.1. The van der Waals surface area contributed by atoms with Crippen LogP contribution < -0.4 is 0 Å². The van der Waals surface area contributed by atoms with Crippen LogP contribution in [-0.4, -0.2) is 47.6 Å². The Bertz CT molecular complexity index is 655. The quantitative estimate of drug-likeness (QED) is 0.497. The molecule has 0 spiro atoms. The molecule has 0 unspecified atom stereocenters. The van der Waals surface area contributed by atoms with E-state index in [1.165, 1.54) is 0 Å². The summed E-state index contributed by atoms with van der Waals surface area (Å²) in [5.74, 6) is -5.02. The van der Waals surface area contributed by atoms with Crippen molar-refractivity contribution in [3.8, 4) is 0 Å². The number of hydrogen-bond donors (Lipinski definition) is 1. The van der Waals surface area contributed by atoms with Crippen LogP contribution in [0.25, 0.3) is 0 Å². The predicted molar refractivity (Wildman–Crippen MR) is 60.9 cm³/mol. The van der Waals surface area contributed by atoms with Gasteiger partial charge in [-0.25, -0.2) is 4.79 Å². The Balaban J connectivity index is 3.42. The maximum Gasteiger partial charge on any atom is 0.438 e. The fourth-order valence-electron chi connectivity index (χ4n) is 1.43. The van der Waals surface area contributed by atoms with Gasteiger partial charge in [-0.1, -0.05) is 0 Å². The van der Waals surface area contributed by atoms with E-state index in [1.807, 2.05) is 0 Å². The Hall–Kier alpha value is -1.89. The predicted octanol–water partition coefficient (Wildman–Crippen LogP) is 1.99. The highest BCUT2D eigenvalue weighted by Crippen LogP contribution is 2.47. The van der Waals surface area contributed by atoms with E-state index in [2.05, 4.69) is 9.72 Å². The van der Waals surface area contributed by atoms with E-state index in [0.717, 1.165) is 24.5 Å². The number of nitrogens with zero attached hydrogens (tertiary/aromatic N) is 1. The molecule has 0 saturated carbocycles. The summed E-state index contributed by atoms with van der Waals surface area (Å²) in [5, 5.41) is 0. The fourth-order valence-corrected chi connectivity index (χ4v) is 2.33. The number of aromatic nitrogens is 1. The lowest BCUT2D eigenvalue weighted by Gasteiger charge is -2.35. The van der Waals surface area contributed by atoms with Gasteiger partial charge in [-0.05, 0) is 12.1 Å². The topological polar surface area (TPSA) is 93.6 Å². The standard InChI is InChI=1S/C10H7F6NO5S/c11-9(12,13)8(10(14,15)16,5-23(19,20)21)22-7(18)6-1-3-17-4-2-6/h1-4H,5H2,(H,19,20,21). The van der Waals surface area contributed by atoms with Gasteiger partial charge >= 0.3 is 23.9 Å². The molecule has 23 heavy (non-hydrogen) atoms. The highest BCUT2D eigenvalue weighted by atomic mass is 32.2. The first-order valence-electron chi connectivity index (χ1n) is 5.41. The van der Waals surface area contributed by atoms with Gasteiger partial charge in [0, 0.05) is 12.4 Å². The van der Waals surface area contributed by atoms with Crippen LogP contribution in [0.4, 0.5) is 26.3 Å². The number of carbonyl (C=O) groups excluding carboxylic acids is 1. The number of pyridine rings is 1. The van der Waals surface area contributed by atoms with Crippen LogP contribution >= 0.6 is 0 Å². The molecule has 1 rings (SSSR count). The largest absolute Gasteiger partial charge is 0.438 e. The minimum atomic E-state index is -6.36. The van der Waals surface area contributed by atoms with E-state index in [0.29, 0.717) is 0 Å². The Labute approximate surface area is 124 Å². The van der Waals surface area contributed by atoms with Gasteiger partial charge in [-0.15, -0.1) is 0 Å². The summed E-state index contributed by atoms with van der Waals surface area (Å²) >= 11 is 0. The summed E-state index contributed by atoms with van der Waals surface area (Å²) < 4.78 is 110. The van der Waals surface area contributed by atoms with Gasteiger partial charge < -0.3 is 4.74 Å². The van der Waals surface area contributed by atoms with Gasteiger partial charge in [-0.3, -0.25) is 9.54 Å². The summed E-state index contributed by atoms with van der Waals surface area (Å²) in [6.07, 6.45) is -10.9. The smallest absolute Gasteiger partial charge is 0.435 e. The van der Waals surface area contributed by atoms with Gasteiger partial charge in [0.15, 0.2) is 0 Å². The van der Waals surface area contributed by atoms with Crippen LogP contribution in [0.15, 0.2) is 24.5 Å². The van der Waals surface area contributed by atoms with Crippen LogP contribution in [0.5, 0.6) is 0 Å². The van der Waals surface area contributed by atoms with Crippen molar-refractivity contribution in [2.24, 2.45) is 0 Å². The molecule has 1 heterocycles. The molecule has 0 amide bonds. The van der Waals surface area contributed by atoms with Gasteiger partial charge in [0.2, 0.25) is 0 Å². The third kappa shape index (κ3) is 4.31. The van der Waals surface area contributed by atoms with Crippen molar-refractivity contribution < 1.29 is 48.8 Å². The van der Waals surface area contributed by atoms with Crippen LogP contribution in [0.3, 0.4) is 0 Å². The van der Waals surface area contributed by atoms with Crippen molar-refractivity contribution >= 4 is 16.1 Å². The van der Waals surface area contributed by atoms with E-state index < -0.39 is 45.4 Å². The van der Waals surface area contributed by atoms with Gasteiger partial charge in [0.05, 0.1) is 5.56 Å². The lowest BCUT2D eigenvalue weighted by Crippen LogP contribution is -2.63. The van der Waals surface area contributed by atoms with Crippen molar-refractivity contribution in [1.82, 2.24) is 4.98 Å². The molecule has 0 radical (unpaired) electrons. The number of halogens is 6. The van der Waals surface area contributed by atoms with Crippen molar-refractivity contribution in [2.45, 2.75) is 18.0 Å². The molecule has 0 aliphatic carbocycles. The van der Waals surface area contributed by atoms with Crippen molar-refractivity contribution in [3.05, 3.63) is 30.1 Å². The molecule has 13 heteroatoms. The second-order valence-corrected chi connectivity index (χ2v) is 5.63. The van der Waals surface area contributed by atoms with Gasteiger partial charge in [0.25, 0.3) is 10.1 Å². The second kappa shape index (κ2) is 5.96. The summed E-state index contributed by atoms with van der Waals surface area (Å²) in [4.78, 5) is 14.9. The maximum atomic E-state index is 12.9. The molecule has 6 nitrogen and oxygen atoms in total. The number of esters is 1. The normalized spacial score (nSPS) is 13.7. The lowest BCUT2D eigenvalue weighted by molar-refractivity contribution is -0.356. The Morgan fingerprint density at radius 3 is 1.87 bits per heavy atom. The molecule has 0 aliphatic heterocycles. The highest BCUT2D eigenvalue weighted by molar-refractivity contribution is 7.85. The van der Waals surface area contributed by atoms with E-state index in [9.17, 15) is 39.6 Å². The minimum absolute atomic E-state index is 0.729. The first kappa shape index (κ1) is 19.2. The fraction of sp³-hybridized carbons (Fsp3) is 0.400. The summed E-state index contributed by atoms with van der Waals surface area (Å²) in [6.45, 7) is 0. The van der Waals surface area contributed by atoms with Crippen LogP contribution in [0.1, 0.15) is 10.4 Å². The van der Waals surface area contributed by atoms with Crippen LogP contribution in [-0.2, 0) is 14.9 Å².